The molecule has 4 heterocycles. The van der Waals surface area contributed by atoms with Crippen LogP contribution in [-0.4, -0.2) is 73.9 Å². The molecule has 4 rings (SSSR count). The van der Waals surface area contributed by atoms with E-state index in [1.165, 1.54) is 6.20 Å². The molecule has 1 aromatic heterocycles. The molecule has 26 heavy (non-hydrogen) atoms. The third-order valence-electron chi connectivity index (χ3n) is 5.14. The average molecular weight is 385 g/mol. The highest BCUT2D eigenvalue weighted by Crippen LogP contribution is 2.38. The average Bonchev–Trinajstić information content (AvgIpc) is 2.62. The molecule has 2 unspecified atom stereocenters. The summed E-state index contributed by atoms with van der Waals surface area (Å²) in [6.07, 6.45) is 2.81. The molecule has 0 aliphatic carbocycles. The monoisotopic (exact) mass is 384 g/mol. The molecule has 2 fully saturated rings. The zero-order valence-corrected chi connectivity index (χ0v) is 15.2. The fourth-order valence-corrected chi connectivity index (χ4v) is 3.62. The molecule has 3 aliphatic rings. The maximum Gasteiger partial charge on any atom is 0.225 e. The van der Waals surface area contributed by atoms with Crippen LogP contribution < -0.4 is 15.0 Å². The van der Waals surface area contributed by atoms with Gasteiger partial charge in [-0.1, -0.05) is 11.6 Å². The molecule has 142 valence electrons. The van der Waals surface area contributed by atoms with Crippen molar-refractivity contribution in [1.29, 1.82) is 0 Å². The minimum absolute atomic E-state index is 0.0339. The first kappa shape index (κ1) is 17.8. The van der Waals surface area contributed by atoms with Crippen LogP contribution in [0.3, 0.4) is 0 Å². The Kier molecular flexibility index (Phi) is 5.15. The molecule has 0 saturated carbocycles. The Bertz CT molecular complexity index is 688. The Morgan fingerprint density at radius 3 is 3.12 bits per heavy atom. The molecule has 2 atom stereocenters. The summed E-state index contributed by atoms with van der Waals surface area (Å²) >= 11 is 5.77. The molecule has 0 aromatic carbocycles. The number of anilines is 1. The van der Waals surface area contributed by atoms with Crippen LogP contribution in [-0.2, 0) is 9.53 Å². The Balaban J connectivity index is 1.30. The number of carbonyl (C=O) groups is 1. The summed E-state index contributed by atoms with van der Waals surface area (Å²) in [4.78, 5) is 20.5. The van der Waals surface area contributed by atoms with Gasteiger partial charge in [0.1, 0.15) is 6.61 Å². The van der Waals surface area contributed by atoms with E-state index < -0.39 is 5.82 Å². The van der Waals surface area contributed by atoms with Gasteiger partial charge in [0.25, 0.3) is 0 Å². The van der Waals surface area contributed by atoms with E-state index in [1.54, 1.807) is 0 Å². The first-order valence-corrected chi connectivity index (χ1v) is 9.33. The van der Waals surface area contributed by atoms with Crippen molar-refractivity contribution in [2.45, 2.75) is 24.9 Å². The number of aromatic nitrogens is 1. The van der Waals surface area contributed by atoms with Crippen LogP contribution in [0.4, 0.5) is 10.2 Å². The van der Waals surface area contributed by atoms with Crippen LogP contribution in [0.1, 0.15) is 12.8 Å². The van der Waals surface area contributed by atoms with E-state index in [1.807, 2.05) is 9.80 Å². The fraction of sp³-hybridized carbons (Fsp3) is 0.647. The molecule has 1 aromatic rings. The first-order chi connectivity index (χ1) is 12.6. The van der Waals surface area contributed by atoms with Crippen molar-refractivity contribution in [3.63, 3.8) is 0 Å². The highest BCUT2D eigenvalue weighted by atomic mass is 35.5. The van der Waals surface area contributed by atoms with Gasteiger partial charge in [0.15, 0.2) is 17.4 Å². The zero-order chi connectivity index (χ0) is 18.1. The third kappa shape index (κ3) is 3.45. The van der Waals surface area contributed by atoms with Gasteiger partial charge in [-0.25, -0.2) is 9.37 Å². The number of pyridine rings is 1. The van der Waals surface area contributed by atoms with Gasteiger partial charge in [0.2, 0.25) is 5.91 Å². The maximum atomic E-state index is 14.1. The Morgan fingerprint density at radius 2 is 2.35 bits per heavy atom. The lowest BCUT2D eigenvalue weighted by atomic mass is 10.1. The number of carbonyl (C=O) groups excluding carboxylic acids is 1. The van der Waals surface area contributed by atoms with Crippen molar-refractivity contribution in [1.82, 2.24) is 15.2 Å². The molecule has 7 nitrogen and oxygen atoms in total. The standard InChI is InChI=1S/C17H22ClFN4O3/c18-13-7-21-17-16(15(13)19)26-10-12-8-22(4-5-23(12)17)14(24)2-6-25-9-11-1-3-20-11/h7,11-12,20H,1-6,8-10H2. The van der Waals surface area contributed by atoms with Crippen molar-refractivity contribution >= 4 is 23.3 Å². The van der Waals surface area contributed by atoms with Crippen molar-refractivity contribution in [2.75, 3.05) is 50.9 Å². The van der Waals surface area contributed by atoms with E-state index in [4.69, 9.17) is 21.1 Å². The van der Waals surface area contributed by atoms with Gasteiger partial charge in [0.05, 0.1) is 36.9 Å². The first-order valence-electron chi connectivity index (χ1n) is 8.96. The number of nitrogens with zero attached hydrogens (tertiary/aromatic N) is 3. The summed E-state index contributed by atoms with van der Waals surface area (Å²) in [5.41, 5.74) is 0. The minimum Gasteiger partial charge on any atom is -0.485 e. The summed E-state index contributed by atoms with van der Waals surface area (Å²) in [5, 5.41) is 3.21. The van der Waals surface area contributed by atoms with Crippen molar-refractivity contribution in [3.8, 4) is 5.75 Å². The molecule has 2 saturated heterocycles. The second-order valence-electron chi connectivity index (χ2n) is 6.84. The largest absolute Gasteiger partial charge is 0.485 e. The van der Waals surface area contributed by atoms with Crippen molar-refractivity contribution < 1.29 is 18.7 Å². The number of piperazine rings is 1. The number of nitrogens with one attached hydrogen (secondary N) is 1. The number of amides is 1. The number of halogens is 2. The lowest BCUT2D eigenvalue weighted by Gasteiger charge is -2.44. The fourth-order valence-electron chi connectivity index (χ4n) is 3.49. The number of hydrogen-bond acceptors (Lipinski definition) is 6. The van der Waals surface area contributed by atoms with E-state index in [2.05, 4.69) is 10.3 Å². The molecule has 9 heteroatoms. The summed E-state index contributed by atoms with van der Waals surface area (Å²) in [5.74, 6) is 0.0668. The minimum atomic E-state index is -0.577. The summed E-state index contributed by atoms with van der Waals surface area (Å²) < 4.78 is 25.2. The van der Waals surface area contributed by atoms with E-state index in [9.17, 15) is 9.18 Å². The highest BCUT2D eigenvalue weighted by molar-refractivity contribution is 6.30. The van der Waals surface area contributed by atoms with Crippen molar-refractivity contribution in [2.24, 2.45) is 0 Å². The molecule has 0 radical (unpaired) electrons. The van der Waals surface area contributed by atoms with Gasteiger partial charge < -0.3 is 24.6 Å². The van der Waals surface area contributed by atoms with E-state index in [0.717, 1.165) is 13.0 Å². The number of fused-ring (bicyclic) bond motifs is 3. The van der Waals surface area contributed by atoms with Crippen LogP contribution in [0.15, 0.2) is 6.20 Å². The van der Waals surface area contributed by atoms with Crippen LogP contribution in [0.2, 0.25) is 5.02 Å². The predicted molar refractivity (Wildman–Crippen MR) is 94.3 cm³/mol. The number of hydrogen-bond donors (Lipinski definition) is 1. The third-order valence-corrected chi connectivity index (χ3v) is 5.41. The van der Waals surface area contributed by atoms with E-state index in [0.29, 0.717) is 57.7 Å². The van der Waals surface area contributed by atoms with Gasteiger partial charge in [-0.2, -0.15) is 0 Å². The van der Waals surface area contributed by atoms with Crippen LogP contribution in [0.5, 0.6) is 5.75 Å². The molecular formula is C17H22ClFN4O3. The van der Waals surface area contributed by atoms with E-state index in [-0.39, 0.29) is 22.7 Å². The molecule has 1 amide bonds. The number of rotatable bonds is 5. The topological polar surface area (TPSA) is 66.9 Å². The Morgan fingerprint density at radius 1 is 1.50 bits per heavy atom. The van der Waals surface area contributed by atoms with Crippen molar-refractivity contribution in [3.05, 3.63) is 17.0 Å². The van der Waals surface area contributed by atoms with Crippen LogP contribution in [0.25, 0.3) is 0 Å². The summed E-state index contributed by atoms with van der Waals surface area (Å²) in [7, 11) is 0. The predicted octanol–water partition coefficient (Wildman–Crippen LogP) is 1.05. The molecule has 1 N–H and O–H groups in total. The van der Waals surface area contributed by atoms with Gasteiger partial charge in [-0.15, -0.1) is 0 Å². The SMILES string of the molecule is O=C(CCOCC1CCN1)N1CCN2c3ncc(Cl)c(F)c3OCC2C1. The Hall–Kier alpha value is -1.64. The summed E-state index contributed by atoms with van der Waals surface area (Å²) in [6.45, 7) is 4.15. The van der Waals surface area contributed by atoms with E-state index >= 15 is 0 Å². The molecule has 3 aliphatic heterocycles. The zero-order valence-electron chi connectivity index (χ0n) is 14.4. The smallest absolute Gasteiger partial charge is 0.225 e. The van der Waals surface area contributed by atoms with Gasteiger partial charge >= 0.3 is 0 Å². The lowest BCUT2D eigenvalue weighted by Crippen LogP contribution is -2.58. The molecule has 0 spiro atoms. The quantitative estimate of drug-likeness (QED) is 0.765. The molecular weight excluding hydrogens is 363 g/mol. The van der Waals surface area contributed by atoms with Crippen LogP contribution in [0, 0.1) is 5.82 Å². The van der Waals surface area contributed by atoms with Gasteiger partial charge in [-0.3, -0.25) is 4.79 Å². The molecule has 0 bridgehead atoms. The second-order valence-corrected chi connectivity index (χ2v) is 7.24. The number of ether oxygens (including phenoxy) is 2. The normalized spacial score (nSPS) is 24.4. The Labute approximate surface area is 156 Å². The lowest BCUT2D eigenvalue weighted by molar-refractivity contribution is -0.133. The maximum absolute atomic E-state index is 14.1. The highest BCUT2D eigenvalue weighted by Gasteiger charge is 2.37. The second kappa shape index (κ2) is 7.54. The van der Waals surface area contributed by atoms with Gasteiger partial charge in [-0.05, 0) is 13.0 Å². The summed E-state index contributed by atoms with van der Waals surface area (Å²) in [6, 6.07) is 0.405. The van der Waals surface area contributed by atoms with Gasteiger partial charge in [0, 0.05) is 25.7 Å². The van der Waals surface area contributed by atoms with Crippen LogP contribution >= 0.6 is 11.6 Å².